The molecule has 1 saturated carbocycles. The van der Waals surface area contributed by atoms with Gasteiger partial charge >= 0.3 is 21.1 Å². The molecule has 1 aliphatic carbocycles. The third kappa shape index (κ3) is 11.6. The first-order valence-corrected chi connectivity index (χ1v) is 4.07. The summed E-state index contributed by atoms with van der Waals surface area (Å²) in [7, 11) is 0. The van der Waals surface area contributed by atoms with Crippen molar-refractivity contribution < 1.29 is 40.9 Å². The van der Waals surface area contributed by atoms with Crippen molar-refractivity contribution in [1.82, 2.24) is 0 Å². The summed E-state index contributed by atoms with van der Waals surface area (Å²) in [5.74, 6) is -4.37. The molecule has 5 heteroatoms. The molecule has 1 rings (SSSR count). The fourth-order valence-corrected chi connectivity index (χ4v) is 1.06. The molecular weight excluding hydrogens is 355 g/mol. The van der Waals surface area contributed by atoms with E-state index in [1.54, 1.807) is 0 Å². The maximum atomic E-state index is 8.93. The number of carbonyl (C=O) groups excluding carboxylic acids is 2. The molecule has 0 aromatic heterocycles. The molecule has 0 atom stereocenters. The SMILES string of the molecule is C1CCCCC1.O=C([O-])C(=O)[O-].[Pt+2]. The Labute approximate surface area is 91.6 Å². The van der Waals surface area contributed by atoms with Crippen molar-refractivity contribution in [3.8, 4) is 0 Å². The smallest absolute Gasteiger partial charge is 0.543 e. The number of hydrogen-bond donors (Lipinski definition) is 0. The van der Waals surface area contributed by atoms with Crippen LogP contribution >= 0.6 is 0 Å². The summed E-state index contributed by atoms with van der Waals surface area (Å²) in [6, 6.07) is 0. The van der Waals surface area contributed by atoms with E-state index in [0.29, 0.717) is 0 Å². The van der Waals surface area contributed by atoms with Crippen LogP contribution in [-0.2, 0) is 30.7 Å². The van der Waals surface area contributed by atoms with Crippen LogP contribution < -0.4 is 10.2 Å². The van der Waals surface area contributed by atoms with E-state index in [1.807, 2.05) is 0 Å². The summed E-state index contributed by atoms with van der Waals surface area (Å²) in [6.45, 7) is 0. The van der Waals surface area contributed by atoms with Crippen molar-refractivity contribution in [2.45, 2.75) is 38.5 Å². The minimum atomic E-state index is -2.19. The third-order valence-electron chi connectivity index (χ3n) is 1.67. The maximum absolute atomic E-state index is 8.93. The Bertz CT molecular complexity index is 131. The molecule has 4 nitrogen and oxygen atoms in total. The van der Waals surface area contributed by atoms with Crippen LogP contribution in [0, 0.1) is 0 Å². The second-order valence-electron chi connectivity index (χ2n) is 2.70. The molecule has 1 fully saturated rings. The van der Waals surface area contributed by atoms with Crippen LogP contribution in [0.15, 0.2) is 0 Å². The second-order valence-corrected chi connectivity index (χ2v) is 2.70. The van der Waals surface area contributed by atoms with Crippen LogP contribution in [0.4, 0.5) is 0 Å². The van der Waals surface area contributed by atoms with Crippen LogP contribution in [-0.4, -0.2) is 11.9 Å². The molecule has 0 heterocycles. The van der Waals surface area contributed by atoms with Crippen LogP contribution in [0.1, 0.15) is 38.5 Å². The predicted molar refractivity (Wildman–Crippen MR) is 37.7 cm³/mol. The van der Waals surface area contributed by atoms with Gasteiger partial charge in [-0.05, 0) is 0 Å². The van der Waals surface area contributed by atoms with E-state index in [0.717, 1.165) is 0 Å². The van der Waals surface area contributed by atoms with Crippen LogP contribution in [0.5, 0.6) is 0 Å². The molecule has 13 heavy (non-hydrogen) atoms. The van der Waals surface area contributed by atoms with Gasteiger partial charge in [0, 0.05) is 0 Å². The average molecular weight is 367 g/mol. The van der Waals surface area contributed by atoms with Crippen molar-refractivity contribution in [3.05, 3.63) is 0 Å². The molecule has 0 spiro atoms. The van der Waals surface area contributed by atoms with Crippen molar-refractivity contribution in [1.29, 1.82) is 0 Å². The molecule has 1 aliphatic rings. The van der Waals surface area contributed by atoms with Gasteiger partial charge in [0.1, 0.15) is 0 Å². The minimum absolute atomic E-state index is 0. The molecule has 0 saturated heterocycles. The van der Waals surface area contributed by atoms with Gasteiger partial charge in [-0.15, -0.1) is 0 Å². The fourth-order valence-electron chi connectivity index (χ4n) is 1.06. The van der Waals surface area contributed by atoms with Gasteiger partial charge in [0.25, 0.3) is 0 Å². The molecular formula is C8H12O4Pt. The van der Waals surface area contributed by atoms with Gasteiger partial charge in [0.2, 0.25) is 0 Å². The molecule has 0 aliphatic heterocycles. The zero-order valence-electron chi connectivity index (χ0n) is 7.19. The van der Waals surface area contributed by atoms with E-state index >= 15 is 0 Å². The molecule has 0 aromatic carbocycles. The first-order chi connectivity index (χ1) is 5.64. The molecule has 0 radical (unpaired) electrons. The Morgan fingerprint density at radius 3 is 0.923 bits per heavy atom. The van der Waals surface area contributed by atoms with E-state index in [4.69, 9.17) is 19.8 Å². The zero-order valence-corrected chi connectivity index (χ0v) is 9.46. The summed E-state index contributed by atoms with van der Waals surface area (Å²) in [5.41, 5.74) is 0. The number of carboxylic acids is 2. The summed E-state index contributed by atoms with van der Waals surface area (Å²) in [6.07, 6.45) is 9.00. The van der Waals surface area contributed by atoms with E-state index in [1.165, 1.54) is 38.5 Å². The number of aliphatic carboxylic acids is 2. The first-order valence-electron chi connectivity index (χ1n) is 4.07. The van der Waals surface area contributed by atoms with E-state index < -0.39 is 11.9 Å². The van der Waals surface area contributed by atoms with Gasteiger partial charge in [-0.2, -0.15) is 0 Å². The Morgan fingerprint density at radius 2 is 0.846 bits per heavy atom. The van der Waals surface area contributed by atoms with Gasteiger partial charge in [-0.25, -0.2) is 0 Å². The third-order valence-corrected chi connectivity index (χ3v) is 1.67. The summed E-state index contributed by atoms with van der Waals surface area (Å²) in [4.78, 5) is 17.9. The molecule has 0 unspecified atom stereocenters. The monoisotopic (exact) mass is 367 g/mol. The average Bonchev–Trinajstić information content (AvgIpc) is 2.08. The fraction of sp³-hybridized carbons (Fsp3) is 0.750. The van der Waals surface area contributed by atoms with Crippen molar-refractivity contribution >= 4 is 11.9 Å². The topological polar surface area (TPSA) is 80.3 Å². The van der Waals surface area contributed by atoms with E-state index in [9.17, 15) is 0 Å². The maximum Gasteiger partial charge on any atom is 2.00 e. The quantitative estimate of drug-likeness (QED) is 0.505. The summed E-state index contributed by atoms with van der Waals surface area (Å²) >= 11 is 0. The van der Waals surface area contributed by atoms with E-state index in [-0.39, 0.29) is 21.1 Å². The molecule has 0 aromatic rings. The van der Waals surface area contributed by atoms with E-state index in [2.05, 4.69) is 0 Å². The second kappa shape index (κ2) is 9.71. The Morgan fingerprint density at radius 1 is 0.692 bits per heavy atom. The Balaban J connectivity index is 0. The number of carbonyl (C=O) groups is 2. The molecule has 78 valence electrons. The standard InChI is InChI=1S/C6H12.C2H2O4.Pt/c1-2-4-6-5-3-1;3-1(4)2(5)6;/h1-6H2;(H,3,4)(H,5,6);/q;;+2/p-2. The van der Waals surface area contributed by atoms with Crippen molar-refractivity contribution in [3.63, 3.8) is 0 Å². The Hall–Kier alpha value is -0.372. The van der Waals surface area contributed by atoms with Gasteiger partial charge in [0.15, 0.2) is 0 Å². The molecule has 0 amide bonds. The number of hydrogen-bond acceptors (Lipinski definition) is 4. The van der Waals surface area contributed by atoms with Crippen LogP contribution in [0.25, 0.3) is 0 Å². The molecule has 0 bridgehead atoms. The molecule has 0 N–H and O–H groups in total. The minimum Gasteiger partial charge on any atom is -0.543 e. The number of rotatable bonds is 0. The number of carboxylic acid groups (broad SMARTS) is 2. The van der Waals surface area contributed by atoms with Gasteiger partial charge in [0.05, 0.1) is 11.9 Å². The Kier molecular flexibility index (Phi) is 11.3. The van der Waals surface area contributed by atoms with Crippen molar-refractivity contribution in [2.75, 3.05) is 0 Å². The van der Waals surface area contributed by atoms with Gasteiger partial charge < -0.3 is 19.8 Å². The first kappa shape index (κ1) is 15.1. The van der Waals surface area contributed by atoms with Crippen molar-refractivity contribution in [2.24, 2.45) is 0 Å². The van der Waals surface area contributed by atoms with Gasteiger partial charge in [-0.1, -0.05) is 38.5 Å². The summed E-state index contributed by atoms with van der Waals surface area (Å²) < 4.78 is 0. The van der Waals surface area contributed by atoms with Crippen LogP contribution in [0.3, 0.4) is 0 Å². The normalized spacial score (nSPS) is 14.5. The predicted octanol–water partition coefficient (Wildman–Crippen LogP) is -1.18. The van der Waals surface area contributed by atoms with Gasteiger partial charge in [-0.3, -0.25) is 0 Å². The largest absolute Gasteiger partial charge is 2.00 e. The van der Waals surface area contributed by atoms with Crippen LogP contribution in [0.2, 0.25) is 0 Å². The summed E-state index contributed by atoms with van der Waals surface area (Å²) in [5, 5.41) is 17.9. The zero-order chi connectivity index (χ0) is 9.40.